The van der Waals surface area contributed by atoms with Gasteiger partial charge in [0.2, 0.25) is 0 Å². The van der Waals surface area contributed by atoms with Crippen molar-refractivity contribution in [3.05, 3.63) is 65.7 Å². The van der Waals surface area contributed by atoms with Crippen LogP contribution in [0.2, 0.25) is 0 Å². The van der Waals surface area contributed by atoms with Crippen LogP contribution in [0.15, 0.2) is 58.8 Å². The molecule has 0 aliphatic carbocycles. The summed E-state index contributed by atoms with van der Waals surface area (Å²) in [4.78, 5) is 27.4. The number of benzene rings is 1. The molecule has 0 unspecified atom stereocenters. The molecule has 6 heteroatoms. The Bertz CT molecular complexity index is 763. The summed E-state index contributed by atoms with van der Waals surface area (Å²) in [5.41, 5.74) is 0.654. The number of rotatable bonds is 7. The van der Waals surface area contributed by atoms with Crippen molar-refractivity contribution in [2.45, 2.75) is 19.3 Å². The van der Waals surface area contributed by atoms with Crippen LogP contribution < -0.4 is 10.6 Å². The van der Waals surface area contributed by atoms with Crippen LogP contribution in [0.3, 0.4) is 0 Å². The SMILES string of the molecule is O=C(NCCN1CCCCC1)/C(=C\c1ccco1)NC(=O)c1ccccc1. The van der Waals surface area contributed by atoms with Gasteiger partial charge in [0.1, 0.15) is 11.5 Å². The van der Waals surface area contributed by atoms with E-state index in [0.717, 1.165) is 19.6 Å². The molecule has 3 rings (SSSR count). The van der Waals surface area contributed by atoms with E-state index >= 15 is 0 Å². The van der Waals surface area contributed by atoms with Crippen LogP contribution in [0.25, 0.3) is 6.08 Å². The van der Waals surface area contributed by atoms with E-state index in [0.29, 0.717) is 17.9 Å². The van der Waals surface area contributed by atoms with Gasteiger partial charge in [0.15, 0.2) is 0 Å². The Hall–Kier alpha value is -2.86. The first kappa shape index (κ1) is 18.9. The number of nitrogens with one attached hydrogen (secondary N) is 2. The molecular weight excluding hydrogens is 342 g/mol. The number of carbonyl (C=O) groups is 2. The molecule has 0 saturated carbocycles. The molecule has 0 bridgehead atoms. The van der Waals surface area contributed by atoms with Gasteiger partial charge in [0.05, 0.1) is 6.26 Å². The van der Waals surface area contributed by atoms with Crippen molar-refractivity contribution in [3.8, 4) is 0 Å². The van der Waals surface area contributed by atoms with Crippen molar-refractivity contribution in [1.82, 2.24) is 15.5 Å². The Morgan fingerprint density at radius 3 is 2.52 bits per heavy atom. The fraction of sp³-hybridized carbons (Fsp3) is 0.333. The normalized spacial score (nSPS) is 15.3. The van der Waals surface area contributed by atoms with Crippen molar-refractivity contribution in [2.75, 3.05) is 26.2 Å². The van der Waals surface area contributed by atoms with E-state index in [1.807, 2.05) is 6.07 Å². The number of amides is 2. The summed E-state index contributed by atoms with van der Waals surface area (Å²) in [6.07, 6.45) is 6.77. The molecule has 1 aromatic carbocycles. The molecule has 0 atom stereocenters. The highest BCUT2D eigenvalue weighted by Crippen LogP contribution is 2.09. The molecule has 2 aromatic rings. The van der Waals surface area contributed by atoms with Gasteiger partial charge in [-0.2, -0.15) is 0 Å². The smallest absolute Gasteiger partial charge is 0.267 e. The number of likely N-dealkylation sites (tertiary alicyclic amines) is 1. The molecule has 0 radical (unpaired) electrons. The maximum Gasteiger partial charge on any atom is 0.267 e. The van der Waals surface area contributed by atoms with Gasteiger partial charge in [0, 0.05) is 24.7 Å². The second-order valence-corrected chi connectivity index (χ2v) is 6.55. The summed E-state index contributed by atoms with van der Waals surface area (Å²) in [6, 6.07) is 12.3. The number of hydrogen-bond acceptors (Lipinski definition) is 4. The average molecular weight is 367 g/mol. The minimum Gasteiger partial charge on any atom is -0.465 e. The van der Waals surface area contributed by atoms with Gasteiger partial charge in [-0.15, -0.1) is 0 Å². The first-order valence-corrected chi connectivity index (χ1v) is 9.34. The highest BCUT2D eigenvalue weighted by atomic mass is 16.3. The van der Waals surface area contributed by atoms with Crippen LogP contribution in [0.4, 0.5) is 0 Å². The fourth-order valence-corrected chi connectivity index (χ4v) is 3.06. The van der Waals surface area contributed by atoms with Gasteiger partial charge in [-0.05, 0) is 50.2 Å². The maximum absolute atomic E-state index is 12.6. The third kappa shape index (κ3) is 5.82. The second-order valence-electron chi connectivity index (χ2n) is 6.55. The fourth-order valence-electron chi connectivity index (χ4n) is 3.06. The molecule has 1 saturated heterocycles. The largest absolute Gasteiger partial charge is 0.465 e. The molecule has 6 nitrogen and oxygen atoms in total. The lowest BCUT2D eigenvalue weighted by Crippen LogP contribution is -2.40. The van der Waals surface area contributed by atoms with Gasteiger partial charge in [-0.25, -0.2) is 0 Å². The quantitative estimate of drug-likeness (QED) is 0.738. The zero-order chi connectivity index (χ0) is 18.9. The Balaban J connectivity index is 1.62. The van der Waals surface area contributed by atoms with Gasteiger partial charge in [-0.3, -0.25) is 9.59 Å². The summed E-state index contributed by atoms with van der Waals surface area (Å²) < 4.78 is 5.29. The molecule has 1 fully saturated rings. The van der Waals surface area contributed by atoms with E-state index in [1.165, 1.54) is 31.6 Å². The van der Waals surface area contributed by atoms with Crippen LogP contribution >= 0.6 is 0 Å². The third-order valence-corrected chi connectivity index (χ3v) is 4.52. The van der Waals surface area contributed by atoms with Crippen molar-refractivity contribution in [3.63, 3.8) is 0 Å². The summed E-state index contributed by atoms with van der Waals surface area (Å²) in [5, 5.41) is 5.59. The second kappa shape index (κ2) is 9.73. The van der Waals surface area contributed by atoms with E-state index in [2.05, 4.69) is 15.5 Å². The Morgan fingerprint density at radius 2 is 1.81 bits per heavy atom. The Labute approximate surface area is 159 Å². The van der Waals surface area contributed by atoms with Crippen molar-refractivity contribution >= 4 is 17.9 Å². The maximum atomic E-state index is 12.6. The van der Waals surface area contributed by atoms with E-state index in [4.69, 9.17) is 4.42 Å². The summed E-state index contributed by atoms with van der Waals surface area (Å²) in [7, 11) is 0. The lowest BCUT2D eigenvalue weighted by molar-refractivity contribution is -0.117. The van der Waals surface area contributed by atoms with E-state index in [1.54, 1.807) is 36.4 Å². The van der Waals surface area contributed by atoms with E-state index < -0.39 is 0 Å². The Morgan fingerprint density at radius 1 is 1.04 bits per heavy atom. The molecule has 2 heterocycles. The van der Waals surface area contributed by atoms with Crippen molar-refractivity contribution in [2.24, 2.45) is 0 Å². The molecule has 1 aromatic heterocycles. The first-order valence-electron chi connectivity index (χ1n) is 9.34. The molecule has 0 spiro atoms. The van der Waals surface area contributed by atoms with Gasteiger partial charge < -0.3 is 20.0 Å². The van der Waals surface area contributed by atoms with Crippen LogP contribution in [-0.2, 0) is 4.79 Å². The first-order chi connectivity index (χ1) is 13.2. The molecule has 2 N–H and O–H groups in total. The number of furan rings is 1. The molecular formula is C21H25N3O3. The number of carbonyl (C=O) groups excluding carboxylic acids is 2. The lowest BCUT2D eigenvalue weighted by Gasteiger charge is -2.26. The predicted molar refractivity (Wildman–Crippen MR) is 104 cm³/mol. The molecule has 142 valence electrons. The highest BCUT2D eigenvalue weighted by Gasteiger charge is 2.16. The van der Waals surface area contributed by atoms with Gasteiger partial charge in [0.25, 0.3) is 11.8 Å². The van der Waals surface area contributed by atoms with Crippen LogP contribution in [0.1, 0.15) is 35.4 Å². The number of nitrogens with zero attached hydrogens (tertiary/aromatic N) is 1. The zero-order valence-electron chi connectivity index (χ0n) is 15.3. The van der Waals surface area contributed by atoms with E-state index in [-0.39, 0.29) is 17.5 Å². The minimum absolute atomic E-state index is 0.164. The summed E-state index contributed by atoms with van der Waals surface area (Å²) >= 11 is 0. The average Bonchev–Trinajstić information content (AvgIpc) is 3.22. The Kier molecular flexibility index (Phi) is 6.82. The lowest BCUT2D eigenvalue weighted by atomic mass is 10.1. The monoisotopic (exact) mass is 367 g/mol. The summed E-state index contributed by atoms with van der Waals surface area (Å²) in [5.74, 6) is -0.156. The molecule has 1 aliphatic rings. The van der Waals surface area contributed by atoms with Crippen molar-refractivity contribution < 1.29 is 14.0 Å². The highest BCUT2D eigenvalue weighted by molar-refractivity contribution is 6.05. The minimum atomic E-state index is -0.334. The van der Waals surface area contributed by atoms with Gasteiger partial charge >= 0.3 is 0 Å². The van der Waals surface area contributed by atoms with Crippen LogP contribution in [0, 0.1) is 0 Å². The molecule has 27 heavy (non-hydrogen) atoms. The predicted octanol–water partition coefficient (Wildman–Crippen LogP) is 2.65. The topological polar surface area (TPSA) is 74.6 Å². The van der Waals surface area contributed by atoms with Gasteiger partial charge in [-0.1, -0.05) is 24.6 Å². The number of hydrogen-bond donors (Lipinski definition) is 2. The molecule has 2 amide bonds. The van der Waals surface area contributed by atoms with Crippen LogP contribution in [0.5, 0.6) is 0 Å². The van der Waals surface area contributed by atoms with E-state index in [9.17, 15) is 9.59 Å². The van der Waals surface area contributed by atoms with Crippen LogP contribution in [-0.4, -0.2) is 42.9 Å². The summed E-state index contributed by atoms with van der Waals surface area (Å²) in [6.45, 7) is 3.51. The third-order valence-electron chi connectivity index (χ3n) is 4.52. The zero-order valence-corrected chi connectivity index (χ0v) is 15.3. The molecule has 1 aliphatic heterocycles. The van der Waals surface area contributed by atoms with Crippen molar-refractivity contribution in [1.29, 1.82) is 0 Å². The number of piperidine rings is 1. The standard InChI is InChI=1S/C21H25N3O3/c25-20(17-8-3-1-4-9-17)23-19(16-18-10-7-15-27-18)21(26)22-11-14-24-12-5-2-6-13-24/h1,3-4,7-10,15-16H,2,5-6,11-14H2,(H,22,26)(H,23,25)/b19-16+.